The Hall–Kier alpha value is -1.18. The highest BCUT2D eigenvalue weighted by atomic mass is 16.6. The van der Waals surface area contributed by atoms with Crippen molar-refractivity contribution >= 4 is 11.9 Å². The molecule has 0 saturated heterocycles. The van der Waals surface area contributed by atoms with Crippen LogP contribution in [0.2, 0.25) is 0 Å². The van der Waals surface area contributed by atoms with Crippen molar-refractivity contribution in [2.24, 2.45) is 11.5 Å². The summed E-state index contributed by atoms with van der Waals surface area (Å²) in [5.74, 6) is -1.88. The number of rotatable bonds is 5. The van der Waals surface area contributed by atoms with Crippen LogP contribution in [0, 0.1) is 0 Å². The first-order valence-electron chi connectivity index (χ1n) is 5.34. The van der Waals surface area contributed by atoms with E-state index in [1.807, 2.05) is 0 Å². The minimum atomic E-state index is -1.92. The van der Waals surface area contributed by atoms with Crippen molar-refractivity contribution in [1.29, 1.82) is 0 Å². The van der Waals surface area contributed by atoms with E-state index >= 15 is 0 Å². The van der Waals surface area contributed by atoms with E-state index in [1.54, 1.807) is 20.8 Å². The molecule has 0 aliphatic rings. The lowest BCUT2D eigenvalue weighted by molar-refractivity contribution is -0.166. The van der Waals surface area contributed by atoms with Crippen LogP contribution < -0.4 is 16.9 Å². The van der Waals surface area contributed by atoms with E-state index in [1.165, 1.54) is 5.48 Å². The third-order valence-electron chi connectivity index (χ3n) is 2.05. The molecular formula is C10H21N3O4. The van der Waals surface area contributed by atoms with Crippen LogP contribution in [0.1, 0.15) is 33.6 Å². The average molecular weight is 247 g/mol. The predicted molar refractivity (Wildman–Crippen MR) is 61.0 cm³/mol. The number of nitrogens with two attached hydrogens (primary N) is 2. The largest absolute Gasteiger partial charge is 0.458 e. The summed E-state index contributed by atoms with van der Waals surface area (Å²) in [6.07, 6.45) is 0.369. The van der Waals surface area contributed by atoms with Crippen molar-refractivity contribution in [3.8, 4) is 0 Å². The summed E-state index contributed by atoms with van der Waals surface area (Å²) in [6.45, 7) is 5.25. The molecular weight excluding hydrogens is 226 g/mol. The van der Waals surface area contributed by atoms with Crippen molar-refractivity contribution in [1.82, 2.24) is 5.48 Å². The lowest BCUT2D eigenvalue weighted by Gasteiger charge is -2.29. The number of carbonyl (C=O) groups is 2. The predicted octanol–water partition coefficient (Wildman–Crippen LogP) is -0.730. The van der Waals surface area contributed by atoms with Crippen molar-refractivity contribution in [2.45, 2.75) is 44.8 Å². The van der Waals surface area contributed by atoms with Gasteiger partial charge in [0.2, 0.25) is 0 Å². The molecule has 6 N–H and O–H groups in total. The van der Waals surface area contributed by atoms with Gasteiger partial charge < -0.3 is 16.2 Å². The lowest BCUT2D eigenvalue weighted by atomic mass is 9.93. The number of hydrogen-bond donors (Lipinski definition) is 4. The molecule has 100 valence electrons. The van der Waals surface area contributed by atoms with Crippen LogP contribution in [-0.2, 0) is 14.3 Å². The topological polar surface area (TPSA) is 128 Å². The van der Waals surface area contributed by atoms with Gasteiger partial charge in [-0.1, -0.05) is 0 Å². The molecule has 0 aliphatic carbocycles. The second-order valence-corrected chi connectivity index (χ2v) is 4.81. The number of nitrogens with one attached hydrogen (secondary N) is 1. The highest BCUT2D eigenvalue weighted by Crippen LogP contribution is 2.17. The van der Waals surface area contributed by atoms with Gasteiger partial charge in [0.1, 0.15) is 5.60 Å². The van der Waals surface area contributed by atoms with Gasteiger partial charge >= 0.3 is 5.97 Å². The zero-order chi connectivity index (χ0) is 13.7. The van der Waals surface area contributed by atoms with E-state index in [-0.39, 0.29) is 13.0 Å². The molecule has 0 aromatic heterocycles. The Balaban J connectivity index is 4.91. The molecule has 1 atom stereocenters. The molecule has 0 aromatic rings. The molecule has 0 saturated carbocycles. The van der Waals surface area contributed by atoms with Gasteiger partial charge in [-0.3, -0.25) is 10.0 Å². The molecule has 0 spiro atoms. The molecule has 1 amide bonds. The van der Waals surface area contributed by atoms with Gasteiger partial charge in [0, 0.05) is 0 Å². The van der Waals surface area contributed by atoms with Crippen LogP contribution in [0.15, 0.2) is 0 Å². The first-order chi connectivity index (χ1) is 7.67. The minimum absolute atomic E-state index is 0.00477. The number of carbonyl (C=O) groups excluding carboxylic acids is 2. The van der Waals surface area contributed by atoms with Crippen molar-refractivity contribution < 1.29 is 19.5 Å². The van der Waals surface area contributed by atoms with Crippen LogP contribution >= 0.6 is 0 Å². The molecule has 0 heterocycles. The van der Waals surface area contributed by atoms with E-state index in [0.29, 0.717) is 6.42 Å². The summed E-state index contributed by atoms with van der Waals surface area (Å²) in [6, 6.07) is 0. The third kappa shape index (κ3) is 4.68. The van der Waals surface area contributed by atoms with Crippen LogP contribution in [0.5, 0.6) is 0 Å². The zero-order valence-corrected chi connectivity index (χ0v) is 10.4. The molecule has 7 heteroatoms. The smallest absolute Gasteiger partial charge is 0.336 e. The van der Waals surface area contributed by atoms with Gasteiger partial charge in [0.05, 0.1) is 0 Å². The number of hydrogen-bond acceptors (Lipinski definition) is 6. The lowest BCUT2D eigenvalue weighted by Crippen LogP contribution is -2.60. The van der Waals surface area contributed by atoms with E-state index in [2.05, 4.69) is 0 Å². The van der Waals surface area contributed by atoms with Crippen LogP contribution in [0.25, 0.3) is 0 Å². The van der Waals surface area contributed by atoms with E-state index in [4.69, 9.17) is 21.4 Å². The van der Waals surface area contributed by atoms with E-state index in [0.717, 1.165) is 0 Å². The van der Waals surface area contributed by atoms with Gasteiger partial charge in [0.25, 0.3) is 5.91 Å². The van der Waals surface area contributed by atoms with Gasteiger partial charge in [-0.25, -0.2) is 10.3 Å². The van der Waals surface area contributed by atoms with Crippen molar-refractivity contribution in [3.05, 3.63) is 0 Å². The fourth-order valence-electron chi connectivity index (χ4n) is 1.16. The summed E-state index contributed by atoms with van der Waals surface area (Å²) in [4.78, 5) is 23.3. The highest BCUT2D eigenvalue weighted by Gasteiger charge is 2.44. The third-order valence-corrected chi connectivity index (χ3v) is 2.05. The quantitative estimate of drug-likeness (QED) is 0.219. The highest BCUT2D eigenvalue weighted by molar-refractivity contribution is 6.06. The Kier molecular flexibility index (Phi) is 5.53. The molecule has 0 radical (unpaired) electrons. The van der Waals surface area contributed by atoms with E-state index in [9.17, 15) is 9.59 Å². The maximum atomic E-state index is 11.8. The average Bonchev–Trinajstić information content (AvgIpc) is 2.22. The van der Waals surface area contributed by atoms with Crippen molar-refractivity contribution in [2.75, 3.05) is 6.54 Å². The Labute approximate surface area is 100 Å². The van der Waals surface area contributed by atoms with Crippen LogP contribution in [0.3, 0.4) is 0 Å². The Morgan fingerprint density at radius 2 is 1.88 bits per heavy atom. The first-order valence-corrected chi connectivity index (χ1v) is 5.34. The van der Waals surface area contributed by atoms with Gasteiger partial charge in [0.15, 0.2) is 5.54 Å². The fraction of sp³-hybridized carbons (Fsp3) is 0.800. The summed E-state index contributed by atoms with van der Waals surface area (Å²) in [5, 5.41) is 8.60. The Bertz CT molecular complexity index is 288. The molecule has 0 rings (SSSR count). The normalized spacial score (nSPS) is 14.9. The summed E-state index contributed by atoms with van der Waals surface area (Å²) in [7, 11) is 0. The van der Waals surface area contributed by atoms with Crippen LogP contribution in [-0.4, -0.2) is 34.8 Å². The van der Waals surface area contributed by atoms with Gasteiger partial charge in [-0.2, -0.15) is 0 Å². The summed E-state index contributed by atoms with van der Waals surface area (Å²) in [5.41, 5.74) is 9.69. The summed E-state index contributed by atoms with van der Waals surface area (Å²) < 4.78 is 5.05. The van der Waals surface area contributed by atoms with Gasteiger partial charge in [-0.15, -0.1) is 0 Å². The molecule has 0 aliphatic heterocycles. The SMILES string of the molecule is CC(C)(C)OC(=O)[C@](N)(CCCN)C(=O)NO. The monoisotopic (exact) mass is 247 g/mol. The van der Waals surface area contributed by atoms with E-state index < -0.39 is 23.0 Å². The zero-order valence-electron chi connectivity index (χ0n) is 10.4. The molecule has 0 unspecified atom stereocenters. The Morgan fingerprint density at radius 3 is 2.24 bits per heavy atom. The molecule has 7 nitrogen and oxygen atoms in total. The molecule has 0 aromatic carbocycles. The fourth-order valence-corrected chi connectivity index (χ4v) is 1.16. The number of esters is 1. The first kappa shape index (κ1) is 15.8. The maximum absolute atomic E-state index is 11.8. The van der Waals surface area contributed by atoms with Crippen molar-refractivity contribution in [3.63, 3.8) is 0 Å². The standard InChI is InChI=1S/C10H21N3O4/c1-9(2,3)17-8(15)10(12,5-4-6-11)7(14)13-16/h16H,4-6,11-12H2,1-3H3,(H,13,14)/t10-/m0/s1. The number of hydroxylamine groups is 1. The second kappa shape index (κ2) is 5.95. The second-order valence-electron chi connectivity index (χ2n) is 4.81. The van der Waals surface area contributed by atoms with Crippen LogP contribution in [0.4, 0.5) is 0 Å². The number of amides is 1. The maximum Gasteiger partial charge on any atom is 0.336 e. The Morgan fingerprint density at radius 1 is 1.35 bits per heavy atom. The molecule has 0 bridgehead atoms. The molecule has 17 heavy (non-hydrogen) atoms. The molecule has 0 fully saturated rings. The number of ether oxygens (including phenoxy) is 1. The summed E-state index contributed by atoms with van der Waals surface area (Å²) >= 11 is 0. The minimum Gasteiger partial charge on any atom is -0.458 e. The van der Waals surface area contributed by atoms with Gasteiger partial charge in [-0.05, 0) is 40.2 Å².